The Balaban J connectivity index is 1.98. The molecule has 2 rings (SSSR count). The molecule has 0 saturated carbocycles. The highest BCUT2D eigenvalue weighted by Crippen LogP contribution is 2.25. The van der Waals surface area contributed by atoms with Crippen LogP contribution >= 0.6 is 0 Å². The molecular weight excluding hydrogens is 318 g/mol. The lowest BCUT2D eigenvalue weighted by Gasteiger charge is -2.39. The molecule has 1 aromatic rings. The number of piperazine rings is 1. The molecular formula is C19H31N3O3. The van der Waals surface area contributed by atoms with Crippen LogP contribution in [-0.2, 0) is 4.74 Å². The standard InChI is InChI=1S/C19H31N3O3/c1-5-24-16-8-6-7-15(13-16)17(14-20)21-9-11-22(12-10-21)18(23)25-19(2,3)4/h6-8,13,17H,5,9-12,14,20H2,1-4H3. The van der Waals surface area contributed by atoms with Gasteiger partial charge in [0.1, 0.15) is 11.4 Å². The van der Waals surface area contributed by atoms with Gasteiger partial charge in [-0.15, -0.1) is 0 Å². The predicted octanol–water partition coefficient (Wildman–Crippen LogP) is 2.64. The maximum atomic E-state index is 12.2. The summed E-state index contributed by atoms with van der Waals surface area (Å²) in [6.07, 6.45) is -0.241. The number of amides is 1. The molecule has 0 spiro atoms. The molecule has 1 saturated heterocycles. The molecule has 1 fully saturated rings. The predicted molar refractivity (Wildman–Crippen MR) is 98.8 cm³/mol. The molecule has 1 aromatic carbocycles. The van der Waals surface area contributed by atoms with Gasteiger partial charge < -0.3 is 20.1 Å². The first-order valence-electron chi connectivity index (χ1n) is 8.99. The van der Waals surface area contributed by atoms with Crippen LogP contribution in [0.25, 0.3) is 0 Å². The second-order valence-corrected chi connectivity index (χ2v) is 7.26. The first-order valence-corrected chi connectivity index (χ1v) is 8.99. The topological polar surface area (TPSA) is 68.0 Å². The summed E-state index contributed by atoms with van der Waals surface area (Å²) in [5.41, 5.74) is 6.74. The van der Waals surface area contributed by atoms with E-state index in [4.69, 9.17) is 15.2 Å². The van der Waals surface area contributed by atoms with Crippen LogP contribution in [0.2, 0.25) is 0 Å². The molecule has 0 bridgehead atoms. The van der Waals surface area contributed by atoms with Crippen LogP contribution in [0.1, 0.15) is 39.3 Å². The summed E-state index contributed by atoms with van der Waals surface area (Å²) < 4.78 is 11.0. The van der Waals surface area contributed by atoms with Gasteiger partial charge in [-0.2, -0.15) is 0 Å². The lowest BCUT2D eigenvalue weighted by atomic mass is 10.0. The van der Waals surface area contributed by atoms with E-state index in [0.29, 0.717) is 26.2 Å². The van der Waals surface area contributed by atoms with E-state index in [2.05, 4.69) is 17.0 Å². The maximum Gasteiger partial charge on any atom is 0.410 e. The Morgan fingerprint density at radius 3 is 2.48 bits per heavy atom. The van der Waals surface area contributed by atoms with E-state index < -0.39 is 5.60 Å². The molecule has 1 unspecified atom stereocenters. The lowest BCUT2D eigenvalue weighted by molar-refractivity contribution is 0.0106. The van der Waals surface area contributed by atoms with Gasteiger partial charge in [-0.05, 0) is 45.4 Å². The van der Waals surface area contributed by atoms with Gasteiger partial charge in [0, 0.05) is 38.8 Å². The van der Waals surface area contributed by atoms with Crippen molar-refractivity contribution in [2.75, 3.05) is 39.3 Å². The summed E-state index contributed by atoms with van der Waals surface area (Å²) in [5, 5.41) is 0. The van der Waals surface area contributed by atoms with Crippen LogP contribution in [0.15, 0.2) is 24.3 Å². The number of nitrogens with zero attached hydrogens (tertiary/aromatic N) is 2. The van der Waals surface area contributed by atoms with Gasteiger partial charge in [0.2, 0.25) is 0 Å². The average Bonchev–Trinajstić information content (AvgIpc) is 2.55. The Morgan fingerprint density at radius 1 is 1.24 bits per heavy atom. The third kappa shape index (κ3) is 5.61. The zero-order valence-electron chi connectivity index (χ0n) is 15.8. The minimum atomic E-state index is -0.465. The monoisotopic (exact) mass is 349 g/mol. The van der Waals surface area contributed by atoms with Crippen LogP contribution < -0.4 is 10.5 Å². The fraction of sp³-hybridized carbons (Fsp3) is 0.632. The summed E-state index contributed by atoms with van der Waals surface area (Å²) in [7, 11) is 0. The smallest absolute Gasteiger partial charge is 0.410 e. The zero-order chi connectivity index (χ0) is 18.4. The van der Waals surface area contributed by atoms with Crippen molar-refractivity contribution in [2.45, 2.75) is 39.3 Å². The normalized spacial score (nSPS) is 17.2. The SMILES string of the molecule is CCOc1cccc(C(CN)N2CCN(C(=O)OC(C)(C)C)CC2)c1. The van der Waals surface area contributed by atoms with Crippen molar-refractivity contribution in [3.63, 3.8) is 0 Å². The molecule has 1 aliphatic heterocycles. The molecule has 1 aliphatic rings. The number of ether oxygens (including phenoxy) is 2. The van der Waals surface area contributed by atoms with Crippen LogP contribution in [0.5, 0.6) is 5.75 Å². The number of hydrogen-bond acceptors (Lipinski definition) is 5. The second kappa shape index (κ2) is 8.54. The van der Waals surface area contributed by atoms with Crippen LogP contribution in [0.3, 0.4) is 0 Å². The van der Waals surface area contributed by atoms with Crippen molar-refractivity contribution >= 4 is 6.09 Å². The van der Waals surface area contributed by atoms with E-state index in [1.807, 2.05) is 39.8 Å². The molecule has 2 N–H and O–H groups in total. The first-order chi connectivity index (χ1) is 11.8. The highest BCUT2D eigenvalue weighted by Gasteiger charge is 2.29. The summed E-state index contributed by atoms with van der Waals surface area (Å²) in [6.45, 7) is 11.7. The van der Waals surface area contributed by atoms with E-state index in [9.17, 15) is 4.79 Å². The molecule has 1 atom stereocenters. The molecule has 6 heteroatoms. The fourth-order valence-corrected chi connectivity index (χ4v) is 3.02. The Bertz CT molecular complexity index is 563. The number of hydrogen-bond donors (Lipinski definition) is 1. The molecule has 1 amide bonds. The van der Waals surface area contributed by atoms with Gasteiger partial charge in [-0.3, -0.25) is 4.90 Å². The second-order valence-electron chi connectivity index (χ2n) is 7.26. The van der Waals surface area contributed by atoms with Gasteiger partial charge >= 0.3 is 6.09 Å². The maximum absolute atomic E-state index is 12.2. The summed E-state index contributed by atoms with van der Waals surface area (Å²) in [4.78, 5) is 16.3. The van der Waals surface area contributed by atoms with Gasteiger partial charge in [-0.25, -0.2) is 4.79 Å². The van der Waals surface area contributed by atoms with Crippen molar-refractivity contribution in [2.24, 2.45) is 5.73 Å². The van der Waals surface area contributed by atoms with Gasteiger partial charge in [-0.1, -0.05) is 12.1 Å². The van der Waals surface area contributed by atoms with Crippen molar-refractivity contribution in [3.05, 3.63) is 29.8 Å². The Hall–Kier alpha value is -1.79. The third-order valence-corrected chi connectivity index (χ3v) is 4.18. The van der Waals surface area contributed by atoms with Gasteiger partial charge in [0.15, 0.2) is 0 Å². The number of carbonyl (C=O) groups is 1. The highest BCUT2D eigenvalue weighted by atomic mass is 16.6. The summed E-state index contributed by atoms with van der Waals surface area (Å²) in [5.74, 6) is 0.867. The highest BCUT2D eigenvalue weighted by molar-refractivity contribution is 5.68. The number of rotatable bonds is 5. The fourth-order valence-electron chi connectivity index (χ4n) is 3.02. The van der Waals surface area contributed by atoms with Crippen LogP contribution in [-0.4, -0.2) is 60.8 Å². The van der Waals surface area contributed by atoms with Crippen molar-refractivity contribution < 1.29 is 14.3 Å². The Labute approximate surface area is 150 Å². The van der Waals surface area contributed by atoms with E-state index in [-0.39, 0.29) is 12.1 Å². The van der Waals surface area contributed by atoms with Crippen molar-refractivity contribution in [3.8, 4) is 5.75 Å². The minimum Gasteiger partial charge on any atom is -0.494 e. The van der Waals surface area contributed by atoms with E-state index in [1.54, 1.807) is 4.90 Å². The summed E-state index contributed by atoms with van der Waals surface area (Å²) in [6, 6.07) is 8.23. The molecule has 0 aliphatic carbocycles. The lowest BCUT2D eigenvalue weighted by Crippen LogP contribution is -2.51. The Morgan fingerprint density at radius 2 is 1.92 bits per heavy atom. The first kappa shape index (κ1) is 19.5. The molecule has 140 valence electrons. The minimum absolute atomic E-state index is 0.126. The molecule has 0 aromatic heterocycles. The third-order valence-electron chi connectivity index (χ3n) is 4.18. The van der Waals surface area contributed by atoms with E-state index in [0.717, 1.165) is 24.4 Å². The number of benzene rings is 1. The van der Waals surface area contributed by atoms with E-state index in [1.165, 1.54) is 0 Å². The number of carbonyl (C=O) groups excluding carboxylic acids is 1. The van der Waals surface area contributed by atoms with Crippen molar-refractivity contribution in [1.29, 1.82) is 0 Å². The Kier molecular flexibility index (Phi) is 6.67. The van der Waals surface area contributed by atoms with Gasteiger partial charge in [0.25, 0.3) is 0 Å². The van der Waals surface area contributed by atoms with Gasteiger partial charge in [0.05, 0.1) is 6.61 Å². The zero-order valence-corrected chi connectivity index (χ0v) is 15.8. The number of nitrogens with two attached hydrogens (primary N) is 1. The quantitative estimate of drug-likeness (QED) is 0.885. The van der Waals surface area contributed by atoms with Crippen LogP contribution in [0.4, 0.5) is 4.79 Å². The average molecular weight is 349 g/mol. The molecule has 25 heavy (non-hydrogen) atoms. The van der Waals surface area contributed by atoms with Crippen LogP contribution in [0, 0.1) is 0 Å². The molecule has 6 nitrogen and oxygen atoms in total. The molecule has 1 heterocycles. The molecule has 0 radical (unpaired) electrons. The summed E-state index contributed by atoms with van der Waals surface area (Å²) >= 11 is 0. The van der Waals surface area contributed by atoms with E-state index >= 15 is 0 Å². The van der Waals surface area contributed by atoms with Crippen molar-refractivity contribution in [1.82, 2.24) is 9.80 Å². The largest absolute Gasteiger partial charge is 0.494 e.